The van der Waals surface area contributed by atoms with E-state index in [1.165, 1.54) is 31.4 Å². The van der Waals surface area contributed by atoms with Gasteiger partial charge in [-0.1, -0.05) is 12.1 Å². The molecule has 0 N–H and O–H groups in total. The summed E-state index contributed by atoms with van der Waals surface area (Å²) >= 11 is 0. The van der Waals surface area contributed by atoms with Crippen LogP contribution in [0.3, 0.4) is 0 Å². The Hall–Kier alpha value is -3.92. The van der Waals surface area contributed by atoms with Gasteiger partial charge in [-0.05, 0) is 55.3 Å². The number of methoxy groups -OCH3 is 1. The zero-order valence-corrected chi connectivity index (χ0v) is 16.1. The van der Waals surface area contributed by atoms with Crippen LogP contribution in [0.2, 0.25) is 0 Å². The first kappa shape index (κ1) is 19.8. The van der Waals surface area contributed by atoms with Crippen LogP contribution >= 0.6 is 0 Å². The van der Waals surface area contributed by atoms with Gasteiger partial charge in [-0.25, -0.2) is 4.39 Å². The molecular weight excluding hydrogens is 373 g/mol. The van der Waals surface area contributed by atoms with Crippen molar-refractivity contribution >= 4 is 17.3 Å². The van der Waals surface area contributed by atoms with E-state index in [0.29, 0.717) is 22.6 Å². The van der Waals surface area contributed by atoms with Crippen molar-refractivity contribution in [3.63, 3.8) is 0 Å². The van der Waals surface area contributed by atoms with Gasteiger partial charge in [0.25, 0.3) is 5.69 Å². The minimum Gasteiger partial charge on any atom is -0.495 e. The molecule has 0 amide bonds. The number of nitriles is 1. The molecule has 3 rings (SSSR count). The molecular formula is C22H18FN3O3. The minimum atomic E-state index is -0.463. The Balaban J connectivity index is 2.16. The van der Waals surface area contributed by atoms with E-state index in [0.717, 1.165) is 17.0 Å². The van der Waals surface area contributed by atoms with E-state index in [-0.39, 0.29) is 5.69 Å². The van der Waals surface area contributed by atoms with Gasteiger partial charge in [0.05, 0.1) is 29.4 Å². The summed E-state index contributed by atoms with van der Waals surface area (Å²) in [7, 11) is 1.50. The Bertz CT molecular complexity index is 1170. The van der Waals surface area contributed by atoms with E-state index in [4.69, 9.17) is 4.74 Å². The van der Waals surface area contributed by atoms with E-state index in [2.05, 4.69) is 6.07 Å². The predicted octanol–water partition coefficient (Wildman–Crippen LogP) is 5.21. The minimum absolute atomic E-state index is 0.0529. The quantitative estimate of drug-likeness (QED) is 0.339. The monoisotopic (exact) mass is 391 g/mol. The van der Waals surface area contributed by atoms with Gasteiger partial charge in [-0.15, -0.1) is 0 Å². The van der Waals surface area contributed by atoms with Crippen LogP contribution in [0, 0.1) is 41.1 Å². The number of hydrogen-bond acceptors (Lipinski definition) is 4. The lowest BCUT2D eigenvalue weighted by Gasteiger charge is -2.14. The van der Waals surface area contributed by atoms with E-state index in [1.54, 1.807) is 24.3 Å². The van der Waals surface area contributed by atoms with Crippen LogP contribution in [0.25, 0.3) is 17.3 Å². The highest BCUT2D eigenvalue weighted by Crippen LogP contribution is 2.32. The van der Waals surface area contributed by atoms with Gasteiger partial charge in [0.15, 0.2) is 0 Å². The average molecular weight is 391 g/mol. The number of non-ortho nitro benzene ring substituents is 1. The molecule has 0 fully saturated rings. The second-order valence-corrected chi connectivity index (χ2v) is 6.46. The third-order valence-electron chi connectivity index (χ3n) is 4.64. The van der Waals surface area contributed by atoms with Crippen LogP contribution < -0.4 is 4.74 Å². The number of aromatic nitrogens is 1. The molecule has 0 unspecified atom stereocenters. The van der Waals surface area contributed by atoms with Gasteiger partial charge < -0.3 is 9.30 Å². The van der Waals surface area contributed by atoms with Crippen LogP contribution in [0.1, 0.15) is 22.5 Å². The lowest BCUT2D eigenvalue weighted by molar-refractivity contribution is -0.384. The van der Waals surface area contributed by atoms with Crippen LogP contribution in [0.5, 0.6) is 5.75 Å². The maximum Gasteiger partial charge on any atom is 0.271 e. The Morgan fingerprint density at radius 3 is 2.62 bits per heavy atom. The highest BCUT2D eigenvalue weighted by atomic mass is 19.1. The van der Waals surface area contributed by atoms with Gasteiger partial charge in [-0.3, -0.25) is 10.1 Å². The molecule has 0 aliphatic rings. The maximum absolute atomic E-state index is 13.5. The van der Waals surface area contributed by atoms with Crippen LogP contribution in [-0.4, -0.2) is 16.6 Å². The summed E-state index contributed by atoms with van der Waals surface area (Å²) in [5.41, 5.74) is 3.59. The summed E-state index contributed by atoms with van der Waals surface area (Å²) < 4.78 is 20.8. The average Bonchev–Trinajstić information content (AvgIpc) is 2.98. The zero-order chi connectivity index (χ0) is 21.1. The van der Waals surface area contributed by atoms with Crippen molar-refractivity contribution in [1.82, 2.24) is 4.57 Å². The van der Waals surface area contributed by atoms with E-state index < -0.39 is 10.7 Å². The van der Waals surface area contributed by atoms with E-state index in [1.807, 2.05) is 24.5 Å². The number of nitro groups is 1. The molecule has 0 aliphatic carbocycles. The molecule has 0 atom stereocenters. The number of hydrogen-bond donors (Lipinski definition) is 0. The largest absolute Gasteiger partial charge is 0.495 e. The van der Waals surface area contributed by atoms with Crippen molar-refractivity contribution in [2.24, 2.45) is 0 Å². The molecule has 1 aromatic heterocycles. The van der Waals surface area contributed by atoms with Gasteiger partial charge in [-0.2, -0.15) is 5.26 Å². The number of rotatable bonds is 5. The highest BCUT2D eigenvalue weighted by Gasteiger charge is 2.18. The third-order valence-corrected chi connectivity index (χ3v) is 4.64. The lowest BCUT2D eigenvalue weighted by Crippen LogP contribution is -2.03. The summed E-state index contributed by atoms with van der Waals surface area (Å²) in [6, 6.07) is 14.2. The molecule has 146 valence electrons. The molecule has 0 saturated heterocycles. The fourth-order valence-corrected chi connectivity index (χ4v) is 3.26. The number of nitro benzene ring substituents is 1. The summed E-state index contributed by atoms with van der Waals surface area (Å²) in [4.78, 5) is 10.7. The summed E-state index contributed by atoms with van der Waals surface area (Å²) in [6.45, 7) is 3.70. The van der Waals surface area contributed by atoms with Crippen molar-refractivity contribution in [1.29, 1.82) is 5.26 Å². The SMILES string of the molecule is COc1ccc([N+](=O)[O-])cc1-n1c(C)cc(C=C(C#N)c2cccc(F)c2)c1C. The van der Waals surface area contributed by atoms with Crippen LogP contribution in [0.15, 0.2) is 48.5 Å². The smallest absolute Gasteiger partial charge is 0.271 e. The van der Waals surface area contributed by atoms with Crippen molar-refractivity contribution in [3.8, 4) is 17.5 Å². The van der Waals surface area contributed by atoms with Gasteiger partial charge in [0, 0.05) is 23.5 Å². The Kier molecular flexibility index (Phi) is 5.46. The first-order valence-corrected chi connectivity index (χ1v) is 8.75. The number of benzene rings is 2. The molecule has 0 saturated carbocycles. The fourth-order valence-electron chi connectivity index (χ4n) is 3.26. The first-order chi connectivity index (χ1) is 13.8. The third kappa shape index (κ3) is 3.87. The Morgan fingerprint density at radius 1 is 1.24 bits per heavy atom. The lowest BCUT2D eigenvalue weighted by atomic mass is 10.0. The summed E-state index contributed by atoms with van der Waals surface area (Å²) in [6.07, 6.45) is 1.68. The van der Waals surface area contributed by atoms with Gasteiger partial charge in [0.2, 0.25) is 0 Å². The summed E-state index contributed by atoms with van der Waals surface area (Å²) in [5.74, 6) is 0.0639. The predicted molar refractivity (Wildman–Crippen MR) is 108 cm³/mol. The number of halogens is 1. The fraction of sp³-hybridized carbons (Fsp3) is 0.136. The van der Waals surface area contributed by atoms with E-state index in [9.17, 15) is 19.8 Å². The van der Waals surface area contributed by atoms with Crippen molar-refractivity contribution in [2.75, 3.05) is 7.11 Å². The molecule has 0 spiro atoms. The van der Waals surface area contributed by atoms with Crippen molar-refractivity contribution < 1.29 is 14.1 Å². The molecule has 29 heavy (non-hydrogen) atoms. The Labute approximate surface area is 167 Å². The number of ether oxygens (including phenoxy) is 1. The van der Waals surface area contributed by atoms with Crippen LogP contribution in [0.4, 0.5) is 10.1 Å². The highest BCUT2D eigenvalue weighted by molar-refractivity contribution is 5.90. The molecule has 0 bridgehead atoms. The van der Waals surface area contributed by atoms with E-state index >= 15 is 0 Å². The van der Waals surface area contributed by atoms with Gasteiger partial charge >= 0.3 is 0 Å². The normalized spacial score (nSPS) is 11.2. The second-order valence-electron chi connectivity index (χ2n) is 6.46. The number of nitrogens with zero attached hydrogens (tertiary/aromatic N) is 3. The van der Waals surface area contributed by atoms with Crippen LogP contribution in [-0.2, 0) is 0 Å². The number of aryl methyl sites for hydroxylation is 1. The molecule has 0 aliphatic heterocycles. The molecule has 6 nitrogen and oxygen atoms in total. The first-order valence-electron chi connectivity index (χ1n) is 8.75. The summed E-state index contributed by atoms with van der Waals surface area (Å²) in [5, 5.41) is 20.8. The Morgan fingerprint density at radius 2 is 2.00 bits per heavy atom. The second kappa shape index (κ2) is 7.98. The molecule has 7 heteroatoms. The maximum atomic E-state index is 13.5. The zero-order valence-electron chi connectivity index (χ0n) is 16.1. The molecule has 1 heterocycles. The van der Waals surface area contributed by atoms with Crippen molar-refractivity contribution in [2.45, 2.75) is 13.8 Å². The topological polar surface area (TPSA) is 81.1 Å². The standard InChI is InChI=1S/C22H18FN3O3/c1-14-9-17(10-18(13-24)16-5-4-6-19(23)11-16)15(2)25(14)21-12-20(26(27)28)7-8-22(21)29-3/h4-12H,1-3H3. The number of allylic oxidation sites excluding steroid dienone is 1. The van der Waals surface area contributed by atoms with Gasteiger partial charge in [0.1, 0.15) is 11.6 Å². The molecule has 3 aromatic rings. The molecule has 2 aromatic carbocycles. The molecule has 0 radical (unpaired) electrons. The van der Waals surface area contributed by atoms with Crippen molar-refractivity contribution in [3.05, 3.63) is 87.0 Å².